The van der Waals surface area contributed by atoms with E-state index in [0.717, 1.165) is 0 Å². The number of nitrogens with one attached hydrogen (secondary N) is 3. The number of aromatic nitrogens is 4. The van der Waals surface area contributed by atoms with Crippen LogP contribution in [0.4, 0.5) is 5.95 Å². The fourth-order valence-electron chi connectivity index (χ4n) is 3.90. The summed E-state index contributed by atoms with van der Waals surface area (Å²) in [5.74, 6) is -2.95. The maximum absolute atomic E-state index is 12.4. The van der Waals surface area contributed by atoms with Gasteiger partial charge in [0.15, 0.2) is 16.8 Å². The molecule has 0 aliphatic carbocycles. The Hall–Kier alpha value is -2.77. The van der Waals surface area contributed by atoms with Crippen LogP contribution in [-0.2, 0) is 50.7 Å². The minimum atomic E-state index is -5.83. The molecule has 1 fully saturated rings. The van der Waals surface area contributed by atoms with Crippen molar-refractivity contribution in [3.8, 4) is 0 Å². The van der Waals surface area contributed by atoms with Crippen LogP contribution in [-0.4, -0.2) is 118 Å². The lowest BCUT2D eigenvalue weighted by Crippen LogP contribution is -2.45. The number of hydrogen-bond acceptors (Lipinski definition) is 17. The number of nitrogens with two attached hydrogens (primary N) is 2. The molecule has 29 heteroatoms. The number of nitrogen functional groups attached to an aromatic ring is 1. The average molecular weight is 754 g/mol. The zero-order valence-corrected chi connectivity index (χ0v) is 26.9. The van der Waals surface area contributed by atoms with Gasteiger partial charge in [-0.05, 0) is 0 Å². The maximum atomic E-state index is 12.4. The number of aromatic amines is 1. The van der Waals surface area contributed by atoms with E-state index in [1.807, 2.05) is 0 Å². The lowest BCUT2D eigenvalue weighted by Gasteiger charge is -2.22. The minimum absolute atomic E-state index is 0.0226. The van der Waals surface area contributed by atoms with E-state index in [4.69, 9.17) is 48.1 Å². The summed E-state index contributed by atoms with van der Waals surface area (Å²) in [6.07, 6.45) is -5.66. The second kappa shape index (κ2) is 15.6. The van der Waals surface area contributed by atoms with Crippen molar-refractivity contribution in [3.63, 3.8) is 0 Å². The van der Waals surface area contributed by atoms with Crippen molar-refractivity contribution in [1.82, 2.24) is 30.2 Å². The predicted octanol–water partition coefficient (Wildman–Crippen LogP) is -2.91. The van der Waals surface area contributed by atoms with Crippen molar-refractivity contribution in [3.05, 3.63) is 11.0 Å². The van der Waals surface area contributed by atoms with E-state index in [1.54, 1.807) is 0 Å². The first kappa shape index (κ1) is 38.7. The maximum Gasteiger partial charge on any atom is 0.490 e. The van der Waals surface area contributed by atoms with Gasteiger partial charge in [-0.2, -0.15) is 8.62 Å². The number of aliphatic hydroxyl groups is 1. The number of amides is 2. The van der Waals surface area contributed by atoms with Crippen molar-refractivity contribution in [2.45, 2.75) is 37.0 Å². The zero-order chi connectivity index (χ0) is 35.3. The zero-order valence-electron chi connectivity index (χ0n) is 23.4. The molecule has 0 bridgehead atoms. The molecule has 1 aliphatic rings. The summed E-state index contributed by atoms with van der Waals surface area (Å²) in [4.78, 5) is 82.0. The molecule has 0 saturated carbocycles. The topological polar surface area (TPSA) is 393 Å². The number of phosphoric acid groups is 3. The minimum Gasteiger partial charge on any atom is -0.481 e. The van der Waals surface area contributed by atoms with E-state index in [2.05, 4.69) is 38.7 Å². The number of carboxylic acids is 1. The Morgan fingerprint density at radius 1 is 1.13 bits per heavy atom. The highest BCUT2D eigenvalue weighted by Crippen LogP contribution is 2.66. The number of imidazole rings is 1. The molecule has 2 amide bonds. The lowest BCUT2D eigenvalue weighted by molar-refractivity contribution is -0.139. The van der Waals surface area contributed by atoms with Crippen LogP contribution in [0.5, 0.6) is 0 Å². The molecule has 3 heterocycles. The highest BCUT2D eigenvalue weighted by Gasteiger charge is 2.48. The van der Waals surface area contributed by atoms with Gasteiger partial charge < -0.3 is 66.3 Å². The number of aliphatic carboxylic acids is 1. The van der Waals surface area contributed by atoms with Crippen molar-refractivity contribution in [2.24, 2.45) is 5.73 Å². The van der Waals surface area contributed by atoms with Crippen molar-refractivity contribution in [1.29, 1.82) is 0 Å². The normalized spacial score (nSPS) is 23.1. The fraction of sp³-hybridized carbons (Fsp3) is 0.556. The number of anilines is 1. The summed E-state index contributed by atoms with van der Waals surface area (Å²) in [5, 5.41) is 24.4. The van der Waals surface area contributed by atoms with Gasteiger partial charge in [-0.3, -0.25) is 23.5 Å². The van der Waals surface area contributed by atoms with Gasteiger partial charge in [0.25, 0.3) is 0 Å². The third kappa shape index (κ3) is 11.4. The van der Waals surface area contributed by atoms with Crippen LogP contribution in [0.25, 0.3) is 11.2 Å². The molecule has 47 heavy (non-hydrogen) atoms. The van der Waals surface area contributed by atoms with Crippen LogP contribution in [0.1, 0.15) is 12.6 Å². The van der Waals surface area contributed by atoms with E-state index < -0.39 is 91.5 Å². The van der Waals surface area contributed by atoms with Crippen molar-refractivity contribution < 1.29 is 80.5 Å². The van der Waals surface area contributed by atoms with Gasteiger partial charge >= 0.3 is 29.4 Å². The third-order valence-corrected chi connectivity index (χ3v) is 9.84. The molecule has 3 rings (SSSR count). The molecule has 7 atom stereocenters. The molecular formula is C18H29N8O17P3S. The number of nitrogens with zero attached hydrogens (tertiary/aromatic N) is 3. The summed E-state index contributed by atoms with van der Waals surface area (Å²) in [5.41, 5.74) is 11.4. The smallest absolute Gasteiger partial charge is 0.481 e. The van der Waals surface area contributed by atoms with Gasteiger partial charge in [0.1, 0.15) is 36.1 Å². The van der Waals surface area contributed by atoms with Crippen LogP contribution in [0.15, 0.2) is 6.33 Å². The van der Waals surface area contributed by atoms with Gasteiger partial charge in [0.05, 0.1) is 25.4 Å². The van der Waals surface area contributed by atoms with Gasteiger partial charge in [-0.1, -0.05) is 12.2 Å². The molecule has 264 valence electrons. The molecule has 1 aliphatic heterocycles. The number of carbonyl (C=O) groups excluding carboxylic acids is 2. The number of aliphatic hydroxyl groups excluding tert-OH is 1. The Kier molecular flexibility index (Phi) is 12.9. The highest BCUT2D eigenvalue weighted by molar-refractivity contribution is 7.71. The van der Waals surface area contributed by atoms with Crippen LogP contribution in [0, 0.1) is 4.64 Å². The Balaban J connectivity index is 1.70. The predicted molar refractivity (Wildman–Crippen MR) is 153 cm³/mol. The summed E-state index contributed by atoms with van der Waals surface area (Å²) in [6, 6.07) is -1.31. The number of fused-ring (bicyclic) bond motifs is 1. The van der Waals surface area contributed by atoms with E-state index >= 15 is 0 Å². The van der Waals surface area contributed by atoms with Gasteiger partial charge in [-0.25, -0.2) is 23.7 Å². The Labute approximate surface area is 267 Å². The largest absolute Gasteiger partial charge is 0.490 e. The molecule has 25 nitrogen and oxygen atoms in total. The van der Waals surface area contributed by atoms with Crippen LogP contribution < -0.4 is 22.1 Å². The van der Waals surface area contributed by atoms with Crippen molar-refractivity contribution in [2.75, 3.05) is 32.0 Å². The molecule has 0 spiro atoms. The van der Waals surface area contributed by atoms with E-state index in [1.165, 1.54) is 10.9 Å². The van der Waals surface area contributed by atoms with Gasteiger partial charge in [0, 0.05) is 13.1 Å². The van der Waals surface area contributed by atoms with E-state index in [-0.39, 0.29) is 34.8 Å². The lowest BCUT2D eigenvalue weighted by atomic mass is 10.1. The summed E-state index contributed by atoms with van der Waals surface area (Å²) in [6.45, 7) is -2.07. The number of carboxylic acid groups (broad SMARTS) is 1. The molecule has 1 saturated heterocycles. The Morgan fingerprint density at radius 2 is 1.79 bits per heavy atom. The number of H-pyrrole nitrogens is 1. The van der Waals surface area contributed by atoms with Crippen LogP contribution in [0.2, 0.25) is 0 Å². The number of rotatable bonds is 17. The molecular weight excluding hydrogens is 725 g/mol. The Bertz CT molecular complexity index is 1680. The average Bonchev–Trinajstić information content (AvgIpc) is 3.46. The van der Waals surface area contributed by atoms with E-state index in [0.29, 0.717) is 0 Å². The number of carbonyl (C=O) groups is 3. The fourth-order valence-corrected chi connectivity index (χ4v) is 7.18. The van der Waals surface area contributed by atoms with Gasteiger partial charge in [0.2, 0.25) is 11.8 Å². The van der Waals surface area contributed by atoms with Crippen LogP contribution >= 0.6 is 35.7 Å². The number of ether oxygens (including phenoxy) is 2. The molecule has 0 radical (unpaired) electrons. The standard InChI is InChI=1S/C18H29N8O17P3S/c19-7(3-10(28)29)15(31)22-2-1-21-9(27)5-39-13-12(30)8(4-40-45(35,36)43-46(37,38)42-44(32,33)34)41-17(13)26-6-23-11-14(26)24-18(20)25-16(11)47/h6-8,12-13,17,30H,1-5,19H2,(H,21,27)(H,22,31)(H,28,29)(H,35,36)(H,37,38)(H2,32,33,34)(H3,20,24,25,47)/t7?,8-,12?,13+,17-/m1/s1. The molecule has 0 aromatic carbocycles. The first-order valence-corrected chi connectivity index (χ1v) is 17.6. The SMILES string of the molecule is Nc1nc(=S)c2ncn([C@@H]3O[C@H](COP(=O)(O)OP(=O)(O)OP(=O)(O)O)C(O)[C@@H]3OCC(=O)NCCNC(=O)C(N)CC(=O)O)c2[nH]1. The Morgan fingerprint density at radius 3 is 2.43 bits per heavy atom. The van der Waals surface area contributed by atoms with Gasteiger partial charge in [-0.15, -0.1) is 0 Å². The summed E-state index contributed by atoms with van der Waals surface area (Å²) in [7, 11) is -17.1. The highest BCUT2D eigenvalue weighted by atomic mass is 32.1. The van der Waals surface area contributed by atoms with Crippen molar-refractivity contribution >= 4 is 70.6 Å². The third-order valence-electron chi connectivity index (χ3n) is 5.75. The second-order valence-corrected chi connectivity index (χ2v) is 14.1. The second-order valence-electron chi connectivity index (χ2n) is 9.34. The number of hydrogen-bond donors (Lipinski definition) is 11. The molecule has 4 unspecified atom stereocenters. The number of phosphoric ester groups is 1. The summed E-state index contributed by atoms with van der Waals surface area (Å²) >= 11 is 5.13. The summed E-state index contributed by atoms with van der Waals surface area (Å²) < 4.78 is 59.0. The molecule has 2 aromatic rings. The van der Waals surface area contributed by atoms with E-state index in [9.17, 15) is 43.0 Å². The van der Waals surface area contributed by atoms with Crippen LogP contribution in [0.3, 0.4) is 0 Å². The monoisotopic (exact) mass is 754 g/mol. The molecule has 2 aromatic heterocycles. The first-order valence-electron chi connectivity index (χ1n) is 12.7. The quantitative estimate of drug-likeness (QED) is 0.0438. The first-order chi connectivity index (χ1) is 21.7. The molecule has 13 N–H and O–H groups in total.